The van der Waals surface area contributed by atoms with Crippen LogP contribution in [0, 0.1) is 0 Å². The normalized spacial score (nSPS) is 11.4. The molecule has 2 heterocycles. The number of rotatable bonds is 7. The van der Waals surface area contributed by atoms with Crippen LogP contribution in [0.3, 0.4) is 0 Å². The molecule has 0 unspecified atom stereocenters. The molecule has 1 amide bonds. The van der Waals surface area contributed by atoms with E-state index in [0.29, 0.717) is 28.7 Å². The first kappa shape index (κ1) is 21.3. The number of benzene rings is 3. The molecule has 0 aliphatic carbocycles. The topological polar surface area (TPSA) is 98.2 Å². The lowest BCUT2D eigenvalue weighted by Crippen LogP contribution is -2.25. The minimum Gasteiger partial charge on any atom is -0.383 e. The average Bonchev–Trinajstić information content (AvgIpc) is 3.15. The van der Waals surface area contributed by atoms with E-state index in [1.54, 1.807) is 6.21 Å². The van der Waals surface area contributed by atoms with Crippen LogP contribution in [0.15, 0.2) is 90.0 Å². The highest BCUT2D eigenvalue weighted by atomic mass is 16.1. The Morgan fingerprint density at radius 2 is 1.56 bits per heavy atom. The maximum absolute atomic E-state index is 13.2. The van der Waals surface area contributed by atoms with Gasteiger partial charge in [-0.3, -0.25) is 4.79 Å². The first-order valence-electron chi connectivity index (χ1n) is 11.2. The molecule has 0 aliphatic heterocycles. The third-order valence-corrected chi connectivity index (χ3v) is 5.59. The lowest BCUT2D eigenvalue weighted by molar-refractivity contribution is 0.0955. The molecule has 0 saturated carbocycles. The molecular weight excluding hydrogens is 424 g/mol. The minimum absolute atomic E-state index is 0.207. The summed E-state index contributed by atoms with van der Waals surface area (Å²) in [7, 11) is 0. The van der Waals surface area contributed by atoms with E-state index >= 15 is 0 Å². The maximum Gasteiger partial charge on any atom is 0.257 e. The fourth-order valence-electron chi connectivity index (χ4n) is 3.88. The van der Waals surface area contributed by atoms with Crippen molar-refractivity contribution in [1.82, 2.24) is 20.0 Å². The van der Waals surface area contributed by atoms with Gasteiger partial charge >= 0.3 is 0 Å². The van der Waals surface area contributed by atoms with E-state index in [0.717, 1.165) is 18.4 Å². The minimum atomic E-state index is -0.284. The number of fused-ring (bicyclic) bond motifs is 2. The second-order valence-electron chi connectivity index (χ2n) is 7.96. The summed E-state index contributed by atoms with van der Waals surface area (Å²) in [6.45, 7) is 0.522. The van der Waals surface area contributed by atoms with Crippen molar-refractivity contribution in [3.8, 4) is 0 Å². The number of hydrogen-bond acceptors (Lipinski definition) is 5. The van der Waals surface area contributed by atoms with Crippen LogP contribution in [0.4, 0.5) is 5.82 Å². The molecule has 3 aromatic carbocycles. The Hall–Kier alpha value is -4.52. The van der Waals surface area contributed by atoms with Gasteiger partial charge in [0.05, 0.1) is 17.2 Å². The number of carbonyl (C=O) groups is 1. The van der Waals surface area contributed by atoms with Crippen LogP contribution in [0.1, 0.15) is 27.9 Å². The standard InChI is InChI=1S/C27H24N6O/c28-25-23(27(34)29-17-9-14-19-10-3-1-4-11-19)24-26(32-22-16-8-7-15-21(22)31-24)33(25)30-18-20-12-5-2-6-13-20/h1-8,10-13,15-16,18H,9,14,17,28H2,(H,29,34). The van der Waals surface area contributed by atoms with Crippen LogP contribution in [-0.4, -0.2) is 33.3 Å². The van der Waals surface area contributed by atoms with Crippen LogP contribution in [0.2, 0.25) is 0 Å². The zero-order valence-electron chi connectivity index (χ0n) is 18.6. The second kappa shape index (κ2) is 9.54. The summed E-state index contributed by atoms with van der Waals surface area (Å²) in [5.74, 6) is -0.0770. The van der Waals surface area contributed by atoms with Crippen LogP contribution in [0.25, 0.3) is 22.2 Å². The van der Waals surface area contributed by atoms with E-state index in [9.17, 15) is 4.79 Å². The van der Waals surface area contributed by atoms with Crippen molar-refractivity contribution < 1.29 is 4.79 Å². The van der Waals surface area contributed by atoms with Gasteiger partial charge in [-0.25, -0.2) is 9.97 Å². The summed E-state index contributed by atoms with van der Waals surface area (Å²) in [5, 5.41) is 7.52. The summed E-state index contributed by atoms with van der Waals surface area (Å²) in [5.41, 5.74) is 11.2. The highest BCUT2D eigenvalue weighted by molar-refractivity contribution is 6.10. The van der Waals surface area contributed by atoms with Crippen LogP contribution < -0.4 is 11.1 Å². The molecule has 5 aromatic rings. The molecule has 168 valence electrons. The Morgan fingerprint density at radius 3 is 2.29 bits per heavy atom. The van der Waals surface area contributed by atoms with Gasteiger partial charge in [0.15, 0.2) is 5.65 Å². The van der Waals surface area contributed by atoms with E-state index in [2.05, 4.69) is 22.6 Å². The molecule has 2 aromatic heterocycles. The first-order chi connectivity index (χ1) is 16.7. The summed E-state index contributed by atoms with van der Waals surface area (Å²) in [6.07, 6.45) is 3.38. The Morgan fingerprint density at radius 1 is 0.912 bits per heavy atom. The van der Waals surface area contributed by atoms with Crippen molar-refractivity contribution in [3.63, 3.8) is 0 Å². The van der Waals surface area contributed by atoms with Crippen molar-refractivity contribution in [2.75, 3.05) is 12.3 Å². The van der Waals surface area contributed by atoms with Gasteiger partial charge in [-0.2, -0.15) is 9.78 Å². The number of amides is 1. The molecule has 0 fully saturated rings. The Bertz CT molecular complexity index is 1480. The Labute approximate surface area is 197 Å². The van der Waals surface area contributed by atoms with Crippen molar-refractivity contribution in [2.45, 2.75) is 12.8 Å². The summed E-state index contributed by atoms with van der Waals surface area (Å²) in [4.78, 5) is 22.6. The molecule has 0 radical (unpaired) electrons. The first-order valence-corrected chi connectivity index (χ1v) is 11.2. The maximum atomic E-state index is 13.2. The molecule has 0 atom stereocenters. The van der Waals surface area contributed by atoms with E-state index < -0.39 is 0 Å². The van der Waals surface area contributed by atoms with Gasteiger partial charge in [0.2, 0.25) is 0 Å². The predicted octanol–water partition coefficient (Wildman–Crippen LogP) is 4.41. The second-order valence-corrected chi connectivity index (χ2v) is 7.96. The fourth-order valence-corrected chi connectivity index (χ4v) is 3.88. The summed E-state index contributed by atoms with van der Waals surface area (Å²) < 4.78 is 1.49. The number of aryl methyl sites for hydroxylation is 1. The third-order valence-electron chi connectivity index (χ3n) is 5.59. The third kappa shape index (κ3) is 4.36. The number of nitrogens with two attached hydrogens (primary N) is 1. The van der Waals surface area contributed by atoms with Gasteiger partial charge in [0.25, 0.3) is 5.91 Å². The van der Waals surface area contributed by atoms with E-state index in [1.807, 2.05) is 72.8 Å². The van der Waals surface area contributed by atoms with Crippen LogP contribution >= 0.6 is 0 Å². The van der Waals surface area contributed by atoms with Crippen molar-refractivity contribution in [3.05, 3.63) is 102 Å². The monoisotopic (exact) mass is 448 g/mol. The van der Waals surface area contributed by atoms with Gasteiger partial charge in [-0.15, -0.1) is 0 Å². The predicted molar refractivity (Wildman–Crippen MR) is 136 cm³/mol. The molecule has 5 rings (SSSR count). The number of nitrogens with one attached hydrogen (secondary N) is 1. The lowest BCUT2D eigenvalue weighted by Gasteiger charge is -2.06. The number of aromatic nitrogens is 3. The summed E-state index contributed by atoms with van der Waals surface area (Å²) >= 11 is 0. The molecule has 0 bridgehead atoms. The van der Waals surface area contributed by atoms with Crippen LogP contribution in [-0.2, 0) is 6.42 Å². The van der Waals surface area contributed by atoms with E-state index in [4.69, 9.17) is 15.7 Å². The van der Waals surface area contributed by atoms with Gasteiger partial charge in [0.1, 0.15) is 16.9 Å². The molecule has 7 heteroatoms. The molecule has 0 aliphatic rings. The van der Waals surface area contributed by atoms with Gasteiger partial charge in [0, 0.05) is 6.54 Å². The number of nitrogens with zero attached hydrogens (tertiary/aromatic N) is 4. The molecule has 0 saturated heterocycles. The van der Waals surface area contributed by atoms with Crippen molar-refractivity contribution in [2.24, 2.45) is 5.10 Å². The lowest BCUT2D eigenvalue weighted by atomic mass is 10.1. The average molecular weight is 449 g/mol. The van der Waals surface area contributed by atoms with Gasteiger partial charge in [-0.05, 0) is 36.1 Å². The number of para-hydroxylation sites is 2. The van der Waals surface area contributed by atoms with Gasteiger partial charge < -0.3 is 11.1 Å². The largest absolute Gasteiger partial charge is 0.383 e. The van der Waals surface area contributed by atoms with Crippen molar-refractivity contribution >= 4 is 40.1 Å². The van der Waals surface area contributed by atoms with E-state index in [1.165, 1.54) is 10.2 Å². The zero-order chi connectivity index (χ0) is 23.3. The number of carbonyl (C=O) groups excluding carboxylic acids is 1. The number of anilines is 1. The Balaban J connectivity index is 1.47. The number of hydrogen-bond donors (Lipinski definition) is 2. The number of nitrogen functional groups attached to an aromatic ring is 1. The highest BCUT2D eigenvalue weighted by Crippen LogP contribution is 2.27. The SMILES string of the molecule is Nc1c(C(=O)NCCCc2ccccc2)c2nc3ccccc3nc2n1N=Cc1ccccc1. The zero-order valence-corrected chi connectivity index (χ0v) is 18.6. The molecule has 7 nitrogen and oxygen atoms in total. The highest BCUT2D eigenvalue weighted by Gasteiger charge is 2.23. The quantitative estimate of drug-likeness (QED) is 0.285. The molecule has 0 spiro atoms. The van der Waals surface area contributed by atoms with Crippen molar-refractivity contribution in [1.29, 1.82) is 0 Å². The molecular formula is C27H24N6O. The molecule has 3 N–H and O–H groups in total. The fraction of sp³-hybridized carbons (Fsp3) is 0.111. The Kier molecular flexibility index (Phi) is 5.99. The smallest absolute Gasteiger partial charge is 0.257 e. The molecule has 34 heavy (non-hydrogen) atoms. The van der Waals surface area contributed by atoms with Crippen LogP contribution in [0.5, 0.6) is 0 Å². The van der Waals surface area contributed by atoms with Gasteiger partial charge in [-0.1, -0.05) is 72.8 Å². The van der Waals surface area contributed by atoms with E-state index in [-0.39, 0.29) is 17.3 Å². The summed E-state index contributed by atoms with van der Waals surface area (Å²) in [6, 6.07) is 27.4.